The van der Waals surface area contributed by atoms with Gasteiger partial charge in [-0.3, -0.25) is 0 Å². The Morgan fingerprint density at radius 2 is 2.00 bits per heavy atom. The van der Waals surface area contributed by atoms with E-state index in [2.05, 4.69) is 10.3 Å². The molecule has 0 bridgehead atoms. The maximum Gasteiger partial charge on any atom is 0.402 e. The number of rotatable bonds is 3. The van der Waals surface area contributed by atoms with E-state index < -0.39 is 23.8 Å². The Morgan fingerprint density at radius 1 is 1.25 bits per heavy atom. The number of hydrogen-bond acceptors (Lipinski definition) is 3. The zero-order chi connectivity index (χ0) is 17.5. The first-order chi connectivity index (χ1) is 11.3. The van der Waals surface area contributed by atoms with E-state index in [1.165, 1.54) is 25.4 Å². The van der Waals surface area contributed by atoms with Crippen LogP contribution in [0.4, 0.5) is 28.9 Å². The first-order valence-corrected chi connectivity index (χ1v) is 7.62. The molecule has 3 rings (SSSR count). The zero-order valence-corrected chi connectivity index (χ0v) is 13.3. The van der Waals surface area contributed by atoms with Crippen molar-refractivity contribution in [3.8, 4) is 5.88 Å². The topological polar surface area (TPSA) is 34.1 Å². The van der Waals surface area contributed by atoms with E-state index >= 15 is 0 Å². The SMILES string of the molecule is COc1nccc2c1Nc1ccc(F)cc1C2(CCCl)C(F)(F)F. The Balaban J connectivity index is 2.41. The minimum absolute atomic E-state index is 0.0330. The average Bonchev–Trinajstić information content (AvgIpc) is 2.53. The van der Waals surface area contributed by atoms with Crippen LogP contribution >= 0.6 is 11.6 Å². The number of methoxy groups -OCH3 is 1. The molecule has 2 heterocycles. The molecule has 1 unspecified atom stereocenters. The lowest BCUT2D eigenvalue weighted by Gasteiger charge is -2.42. The number of anilines is 2. The summed E-state index contributed by atoms with van der Waals surface area (Å²) in [6.45, 7) is 0. The molecule has 0 fully saturated rings. The molecular weight excluding hydrogens is 348 g/mol. The molecule has 1 aliphatic rings. The van der Waals surface area contributed by atoms with Crippen molar-refractivity contribution in [2.24, 2.45) is 0 Å². The second-order valence-electron chi connectivity index (χ2n) is 5.40. The minimum atomic E-state index is -4.69. The molecule has 24 heavy (non-hydrogen) atoms. The molecule has 3 nitrogen and oxygen atoms in total. The van der Waals surface area contributed by atoms with Crippen LogP contribution in [-0.4, -0.2) is 24.2 Å². The molecule has 1 N–H and O–H groups in total. The lowest BCUT2D eigenvalue weighted by molar-refractivity contribution is -0.178. The highest BCUT2D eigenvalue weighted by Gasteiger charge is 2.60. The van der Waals surface area contributed by atoms with Crippen molar-refractivity contribution in [3.63, 3.8) is 0 Å². The first-order valence-electron chi connectivity index (χ1n) is 7.08. The van der Waals surface area contributed by atoms with Crippen molar-refractivity contribution in [1.29, 1.82) is 0 Å². The third kappa shape index (κ3) is 2.30. The highest BCUT2D eigenvalue weighted by atomic mass is 35.5. The summed E-state index contributed by atoms with van der Waals surface area (Å²) in [5, 5.41) is 2.88. The number of benzene rings is 1. The smallest absolute Gasteiger partial charge is 0.402 e. The summed E-state index contributed by atoms with van der Waals surface area (Å²) >= 11 is 5.72. The Hall–Kier alpha value is -2.02. The number of aromatic nitrogens is 1. The van der Waals surface area contributed by atoms with Crippen molar-refractivity contribution in [2.45, 2.75) is 18.0 Å². The summed E-state index contributed by atoms with van der Waals surface area (Å²) in [5.41, 5.74) is -2.46. The predicted molar refractivity (Wildman–Crippen MR) is 82.6 cm³/mol. The van der Waals surface area contributed by atoms with Gasteiger partial charge < -0.3 is 10.1 Å². The lowest BCUT2D eigenvalue weighted by Crippen LogP contribution is -2.46. The van der Waals surface area contributed by atoms with Crippen molar-refractivity contribution >= 4 is 23.0 Å². The van der Waals surface area contributed by atoms with Crippen LogP contribution in [0.25, 0.3) is 0 Å². The van der Waals surface area contributed by atoms with Gasteiger partial charge in [0.25, 0.3) is 0 Å². The molecule has 1 atom stereocenters. The number of pyridine rings is 1. The number of fused-ring (bicyclic) bond motifs is 2. The molecule has 0 saturated heterocycles. The molecule has 0 saturated carbocycles. The fourth-order valence-electron chi connectivity index (χ4n) is 3.19. The number of nitrogens with one attached hydrogen (secondary N) is 1. The predicted octanol–water partition coefficient (Wildman–Crippen LogP) is 4.76. The number of alkyl halides is 4. The van der Waals surface area contributed by atoms with E-state index in [-0.39, 0.29) is 34.3 Å². The summed E-state index contributed by atoms with van der Waals surface area (Å²) < 4.78 is 61.5. The van der Waals surface area contributed by atoms with E-state index in [0.717, 1.165) is 12.1 Å². The van der Waals surface area contributed by atoms with Crippen molar-refractivity contribution in [1.82, 2.24) is 4.98 Å². The first kappa shape index (κ1) is 16.8. The van der Waals surface area contributed by atoms with Gasteiger partial charge >= 0.3 is 6.18 Å². The molecule has 1 aromatic carbocycles. The van der Waals surface area contributed by atoms with E-state index in [0.29, 0.717) is 0 Å². The number of ether oxygens (including phenoxy) is 1. The molecule has 128 valence electrons. The monoisotopic (exact) mass is 360 g/mol. The van der Waals surface area contributed by atoms with Crippen LogP contribution in [0.5, 0.6) is 5.88 Å². The molecule has 1 aromatic heterocycles. The standard InChI is InChI=1S/C16H13ClF4N2O/c1-24-14-13-10(4-7-22-14)15(5-6-17,16(19,20)21)11-8-9(18)2-3-12(11)23-13/h2-4,7-8,23H,5-6H2,1H3. The largest absolute Gasteiger partial charge is 0.480 e. The quantitative estimate of drug-likeness (QED) is 0.632. The summed E-state index contributed by atoms with van der Waals surface area (Å²) in [6.07, 6.45) is -3.89. The summed E-state index contributed by atoms with van der Waals surface area (Å²) in [4.78, 5) is 3.95. The molecule has 2 aromatic rings. The van der Waals surface area contributed by atoms with Crippen molar-refractivity contribution in [3.05, 3.63) is 47.4 Å². The van der Waals surface area contributed by atoms with Gasteiger partial charge in [0.05, 0.1) is 7.11 Å². The second-order valence-corrected chi connectivity index (χ2v) is 5.78. The van der Waals surface area contributed by atoms with Gasteiger partial charge in [-0.2, -0.15) is 13.2 Å². The van der Waals surface area contributed by atoms with Crippen LogP contribution < -0.4 is 10.1 Å². The molecular formula is C16H13ClF4N2O. The molecule has 1 aliphatic heterocycles. The number of hydrogen-bond donors (Lipinski definition) is 1. The molecule has 0 aliphatic carbocycles. The van der Waals surface area contributed by atoms with Gasteiger partial charge in [-0.05, 0) is 36.2 Å². The lowest BCUT2D eigenvalue weighted by atomic mass is 9.69. The highest BCUT2D eigenvalue weighted by Crippen LogP contribution is 2.57. The van der Waals surface area contributed by atoms with Crippen LogP contribution in [0.3, 0.4) is 0 Å². The Kier molecular flexibility index (Phi) is 4.07. The maximum absolute atomic E-state index is 14.2. The van der Waals surface area contributed by atoms with E-state index in [1.54, 1.807) is 0 Å². The van der Waals surface area contributed by atoms with Crippen LogP contribution in [-0.2, 0) is 5.41 Å². The average molecular weight is 361 g/mol. The molecule has 0 amide bonds. The van der Waals surface area contributed by atoms with E-state index in [9.17, 15) is 17.6 Å². The van der Waals surface area contributed by atoms with Gasteiger partial charge in [0.15, 0.2) is 0 Å². The number of halogens is 5. The molecule has 8 heteroatoms. The van der Waals surface area contributed by atoms with Gasteiger partial charge in [-0.25, -0.2) is 9.37 Å². The number of nitrogens with zero attached hydrogens (tertiary/aromatic N) is 1. The van der Waals surface area contributed by atoms with Gasteiger partial charge in [0.2, 0.25) is 5.88 Å². The van der Waals surface area contributed by atoms with Crippen LogP contribution in [0.1, 0.15) is 17.5 Å². The summed E-state index contributed by atoms with van der Waals surface area (Å²) in [5.74, 6) is -0.964. The normalized spacial score (nSPS) is 19.2. The molecule has 0 radical (unpaired) electrons. The van der Waals surface area contributed by atoms with Crippen molar-refractivity contribution in [2.75, 3.05) is 18.3 Å². The van der Waals surface area contributed by atoms with Gasteiger partial charge in [0.1, 0.15) is 16.9 Å². The second kappa shape index (κ2) is 5.81. The van der Waals surface area contributed by atoms with Crippen LogP contribution in [0, 0.1) is 5.82 Å². The summed E-state index contributed by atoms with van der Waals surface area (Å²) in [6, 6.07) is 4.53. The van der Waals surface area contributed by atoms with Gasteiger partial charge in [-0.1, -0.05) is 0 Å². The maximum atomic E-state index is 14.2. The minimum Gasteiger partial charge on any atom is -0.480 e. The zero-order valence-electron chi connectivity index (χ0n) is 12.5. The van der Waals surface area contributed by atoms with Crippen molar-refractivity contribution < 1.29 is 22.3 Å². The Morgan fingerprint density at radius 3 is 2.62 bits per heavy atom. The van der Waals surface area contributed by atoms with Crippen LogP contribution in [0.15, 0.2) is 30.5 Å². The third-order valence-electron chi connectivity index (χ3n) is 4.22. The third-order valence-corrected chi connectivity index (χ3v) is 4.41. The van der Waals surface area contributed by atoms with Gasteiger partial charge in [-0.15, -0.1) is 11.6 Å². The Bertz CT molecular complexity index is 781. The highest BCUT2D eigenvalue weighted by molar-refractivity contribution is 6.18. The molecule has 0 spiro atoms. The van der Waals surface area contributed by atoms with Crippen LogP contribution in [0.2, 0.25) is 0 Å². The van der Waals surface area contributed by atoms with E-state index in [4.69, 9.17) is 16.3 Å². The van der Waals surface area contributed by atoms with E-state index in [1.807, 2.05) is 0 Å². The summed E-state index contributed by atoms with van der Waals surface area (Å²) in [7, 11) is 1.32. The fraction of sp³-hybridized carbons (Fsp3) is 0.312. The fourth-order valence-corrected chi connectivity index (χ4v) is 3.47. The van der Waals surface area contributed by atoms with Gasteiger partial charge in [0, 0.05) is 23.3 Å². The Labute approximate surface area is 140 Å².